The number of amides is 3. The number of anilines is 1. The van der Waals surface area contributed by atoms with Crippen LogP contribution in [0.25, 0.3) is 0 Å². The molecule has 1 aromatic carbocycles. The normalized spacial score (nSPS) is 15.0. The highest BCUT2D eigenvalue weighted by atomic mass is 16.5. The summed E-state index contributed by atoms with van der Waals surface area (Å²) in [4.78, 5) is 27.7. The van der Waals surface area contributed by atoms with Gasteiger partial charge in [-0.25, -0.2) is 4.79 Å². The number of imide groups is 1. The summed E-state index contributed by atoms with van der Waals surface area (Å²) < 4.78 is 5.40. The minimum absolute atomic E-state index is 0.235. The smallest absolute Gasteiger partial charge is 0.321 e. The fourth-order valence-electron chi connectivity index (χ4n) is 2.69. The van der Waals surface area contributed by atoms with Crippen molar-refractivity contribution in [2.45, 2.75) is 13.3 Å². The van der Waals surface area contributed by atoms with Crippen LogP contribution in [0.5, 0.6) is 5.75 Å². The van der Waals surface area contributed by atoms with Crippen molar-refractivity contribution in [1.82, 2.24) is 15.5 Å². The second kappa shape index (κ2) is 9.12. The second-order valence-corrected chi connectivity index (χ2v) is 5.74. The lowest BCUT2D eigenvalue weighted by atomic mass is 10.2. The lowest BCUT2D eigenvalue weighted by Gasteiger charge is -2.36. The van der Waals surface area contributed by atoms with E-state index in [-0.39, 0.29) is 12.5 Å². The molecule has 1 aliphatic rings. The molecule has 1 aromatic rings. The summed E-state index contributed by atoms with van der Waals surface area (Å²) >= 11 is 0. The first-order valence-corrected chi connectivity index (χ1v) is 8.32. The van der Waals surface area contributed by atoms with Gasteiger partial charge in [0.15, 0.2) is 0 Å². The number of carbonyl (C=O) groups excluding carboxylic acids is 2. The van der Waals surface area contributed by atoms with E-state index in [1.807, 2.05) is 36.1 Å². The predicted molar refractivity (Wildman–Crippen MR) is 93.5 cm³/mol. The Bertz CT molecular complexity index is 557. The van der Waals surface area contributed by atoms with E-state index in [0.717, 1.165) is 44.0 Å². The molecule has 0 aliphatic carbocycles. The standard InChI is InChI=1S/C17H26N4O3/c1-3-8-18-17(23)19-16(22)13-20-9-11-21(12-10-20)14-6-4-5-7-15(14)24-2/h4-7H,3,8-13H2,1-2H3,(H2,18,19,22,23). The third kappa shape index (κ3) is 5.13. The Morgan fingerprint density at radius 3 is 2.54 bits per heavy atom. The van der Waals surface area contributed by atoms with E-state index in [2.05, 4.69) is 15.5 Å². The van der Waals surface area contributed by atoms with E-state index >= 15 is 0 Å². The van der Waals surface area contributed by atoms with Gasteiger partial charge in [0, 0.05) is 32.7 Å². The molecule has 0 atom stereocenters. The monoisotopic (exact) mass is 334 g/mol. The van der Waals surface area contributed by atoms with Crippen molar-refractivity contribution in [3.63, 3.8) is 0 Å². The van der Waals surface area contributed by atoms with Crippen molar-refractivity contribution in [3.8, 4) is 5.75 Å². The van der Waals surface area contributed by atoms with Gasteiger partial charge in [0.2, 0.25) is 5.91 Å². The number of nitrogens with one attached hydrogen (secondary N) is 2. The van der Waals surface area contributed by atoms with Gasteiger partial charge >= 0.3 is 6.03 Å². The van der Waals surface area contributed by atoms with Crippen LogP contribution in [0.3, 0.4) is 0 Å². The minimum Gasteiger partial charge on any atom is -0.495 e. The lowest BCUT2D eigenvalue weighted by molar-refractivity contribution is -0.121. The van der Waals surface area contributed by atoms with Gasteiger partial charge in [-0.15, -0.1) is 0 Å². The molecule has 0 bridgehead atoms. The highest BCUT2D eigenvalue weighted by Crippen LogP contribution is 2.28. The van der Waals surface area contributed by atoms with Gasteiger partial charge < -0.3 is 15.0 Å². The van der Waals surface area contributed by atoms with Crippen LogP contribution in [0.4, 0.5) is 10.5 Å². The van der Waals surface area contributed by atoms with Gasteiger partial charge in [0.1, 0.15) is 5.75 Å². The Labute approximate surface area is 142 Å². The van der Waals surface area contributed by atoms with E-state index in [4.69, 9.17) is 4.74 Å². The van der Waals surface area contributed by atoms with Crippen molar-refractivity contribution in [3.05, 3.63) is 24.3 Å². The Hall–Kier alpha value is -2.28. The van der Waals surface area contributed by atoms with Crippen LogP contribution in [0.15, 0.2) is 24.3 Å². The van der Waals surface area contributed by atoms with Crippen molar-refractivity contribution in [2.75, 3.05) is 51.3 Å². The summed E-state index contributed by atoms with van der Waals surface area (Å²) in [5.74, 6) is 0.589. The number of carbonyl (C=O) groups is 2. The maximum absolute atomic E-state index is 11.9. The zero-order valence-electron chi connectivity index (χ0n) is 14.4. The number of benzene rings is 1. The first-order valence-electron chi connectivity index (χ1n) is 8.32. The van der Waals surface area contributed by atoms with E-state index < -0.39 is 6.03 Å². The SMILES string of the molecule is CCCNC(=O)NC(=O)CN1CCN(c2ccccc2OC)CC1. The molecule has 1 fully saturated rings. The number of hydrogen-bond donors (Lipinski definition) is 2. The maximum Gasteiger partial charge on any atom is 0.321 e. The van der Waals surface area contributed by atoms with E-state index in [1.165, 1.54) is 0 Å². The molecule has 1 saturated heterocycles. The molecule has 0 saturated carbocycles. The molecule has 1 aliphatic heterocycles. The molecule has 24 heavy (non-hydrogen) atoms. The van der Waals surface area contributed by atoms with Crippen LogP contribution in [0.1, 0.15) is 13.3 Å². The summed E-state index contributed by atoms with van der Waals surface area (Å²) in [5, 5.41) is 4.99. The Kier molecular flexibility index (Phi) is 6.87. The molecular weight excluding hydrogens is 308 g/mol. The highest BCUT2D eigenvalue weighted by molar-refractivity contribution is 5.95. The molecule has 3 amide bonds. The molecule has 2 rings (SSSR count). The third-order valence-corrected chi connectivity index (χ3v) is 3.95. The van der Waals surface area contributed by atoms with E-state index in [9.17, 15) is 9.59 Å². The molecule has 1 heterocycles. The summed E-state index contributed by atoms with van der Waals surface area (Å²) in [7, 11) is 1.67. The molecule has 7 heteroatoms. The number of piperazine rings is 1. The fourth-order valence-corrected chi connectivity index (χ4v) is 2.69. The number of ether oxygens (including phenoxy) is 1. The van der Waals surface area contributed by atoms with Gasteiger partial charge in [0.05, 0.1) is 19.3 Å². The average molecular weight is 334 g/mol. The summed E-state index contributed by atoms with van der Waals surface area (Å²) in [6.45, 7) is 5.93. The predicted octanol–water partition coefficient (Wildman–Crippen LogP) is 1.05. The number of nitrogens with zero attached hydrogens (tertiary/aromatic N) is 2. The molecule has 132 valence electrons. The van der Waals surface area contributed by atoms with E-state index in [0.29, 0.717) is 6.54 Å². The molecule has 0 radical (unpaired) electrons. The number of rotatable bonds is 6. The topological polar surface area (TPSA) is 73.9 Å². The molecule has 0 aromatic heterocycles. The quantitative estimate of drug-likeness (QED) is 0.814. The maximum atomic E-state index is 11.9. The fraction of sp³-hybridized carbons (Fsp3) is 0.529. The van der Waals surface area contributed by atoms with Crippen molar-refractivity contribution >= 4 is 17.6 Å². The average Bonchev–Trinajstić information content (AvgIpc) is 2.60. The third-order valence-electron chi connectivity index (χ3n) is 3.95. The van der Waals surface area contributed by atoms with Crippen LogP contribution in [-0.4, -0.2) is 63.2 Å². The number of para-hydroxylation sites is 2. The Balaban J connectivity index is 1.78. The molecule has 0 unspecified atom stereocenters. The largest absolute Gasteiger partial charge is 0.495 e. The summed E-state index contributed by atoms with van der Waals surface area (Å²) in [6, 6.07) is 7.51. The first kappa shape index (κ1) is 18.1. The van der Waals surface area contributed by atoms with Crippen molar-refractivity contribution < 1.29 is 14.3 Å². The molecule has 7 nitrogen and oxygen atoms in total. The summed E-state index contributed by atoms with van der Waals surface area (Å²) in [5.41, 5.74) is 1.07. The van der Waals surface area contributed by atoms with E-state index in [1.54, 1.807) is 7.11 Å². The van der Waals surface area contributed by atoms with Crippen LogP contribution in [0.2, 0.25) is 0 Å². The van der Waals surface area contributed by atoms with Gasteiger partial charge in [0.25, 0.3) is 0 Å². The van der Waals surface area contributed by atoms with Gasteiger partial charge in [-0.05, 0) is 18.6 Å². The lowest BCUT2D eigenvalue weighted by Crippen LogP contribution is -2.51. The highest BCUT2D eigenvalue weighted by Gasteiger charge is 2.21. The minimum atomic E-state index is -0.422. The van der Waals surface area contributed by atoms with Crippen molar-refractivity contribution in [1.29, 1.82) is 0 Å². The zero-order valence-corrected chi connectivity index (χ0v) is 14.4. The van der Waals surface area contributed by atoms with Crippen LogP contribution < -0.4 is 20.3 Å². The van der Waals surface area contributed by atoms with Gasteiger partial charge in [-0.3, -0.25) is 15.0 Å². The van der Waals surface area contributed by atoms with Gasteiger partial charge in [-0.2, -0.15) is 0 Å². The van der Waals surface area contributed by atoms with Crippen LogP contribution >= 0.6 is 0 Å². The Morgan fingerprint density at radius 1 is 1.17 bits per heavy atom. The van der Waals surface area contributed by atoms with Gasteiger partial charge in [-0.1, -0.05) is 19.1 Å². The zero-order chi connectivity index (χ0) is 17.4. The number of hydrogen-bond acceptors (Lipinski definition) is 5. The Morgan fingerprint density at radius 2 is 1.88 bits per heavy atom. The number of methoxy groups -OCH3 is 1. The number of urea groups is 1. The van der Waals surface area contributed by atoms with Crippen molar-refractivity contribution in [2.24, 2.45) is 0 Å². The second-order valence-electron chi connectivity index (χ2n) is 5.74. The molecular formula is C17H26N4O3. The molecule has 2 N–H and O–H groups in total. The van der Waals surface area contributed by atoms with Crippen LogP contribution in [-0.2, 0) is 4.79 Å². The first-order chi connectivity index (χ1) is 11.6. The van der Waals surface area contributed by atoms with Crippen LogP contribution in [0, 0.1) is 0 Å². The molecule has 0 spiro atoms. The summed E-state index contributed by atoms with van der Waals surface area (Å²) in [6.07, 6.45) is 0.840.